The van der Waals surface area contributed by atoms with Gasteiger partial charge in [0.1, 0.15) is 5.78 Å². The van der Waals surface area contributed by atoms with E-state index in [9.17, 15) is 4.79 Å². The number of unbranched alkanes of at least 4 members (excludes halogenated alkanes) is 2. The van der Waals surface area contributed by atoms with E-state index in [0.717, 1.165) is 38.5 Å². The molecule has 2 rings (SSSR count). The smallest absolute Gasteiger partial charge is 0.133 e. The Morgan fingerprint density at radius 2 is 1.42 bits per heavy atom. The van der Waals surface area contributed by atoms with Crippen LogP contribution in [0, 0.1) is 0 Å². The van der Waals surface area contributed by atoms with Crippen LogP contribution < -0.4 is 0 Å². The highest BCUT2D eigenvalue weighted by atomic mass is 16.1. The lowest BCUT2D eigenvalue weighted by atomic mass is 9.87. The third kappa shape index (κ3) is 6.16. The summed E-state index contributed by atoms with van der Waals surface area (Å²) >= 11 is 0. The fourth-order valence-electron chi connectivity index (χ4n) is 3.13. The molecule has 2 aromatic carbocycles. The van der Waals surface area contributed by atoms with Gasteiger partial charge in [0.25, 0.3) is 0 Å². The van der Waals surface area contributed by atoms with Crippen molar-refractivity contribution in [2.75, 3.05) is 0 Å². The molecule has 1 nitrogen and oxygen atoms in total. The minimum atomic E-state index is 0.373. The molecular weight excluding hydrogens is 292 g/mol. The van der Waals surface area contributed by atoms with Gasteiger partial charge in [-0.25, -0.2) is 0 Å². The number of hydrogen-bond donors (Lipinski definition) is 0. The second-order valence-corrected chi connectivity index (χ2v) is 6.34. The zero-order chi connectivity index (χ0) is 17.0. The van der Waals surface area contributed by atoms with Gasteiger partial charge in [0.15, 0.2) is 0 Å². The van der Waals surface area contributed by atoms with Crippen molar-refractivity contribution in [2.45, 2.75) is 50.9 Å². The van der Waals surface area contributed by atoms with Crippen LogP contribution in [0.15, 0.2) is 73.3 Å². The highest BCUT2D eigenvalue weighted by Crippen LogP contribution is 2.29. The molecule has 0 amide bonds. The monoisotopic (exact) mass is 320 g/mol. The van der Waals surface area contributed by atoms with E-state index in [4.69, 9.17) is 0 Å². The number of hydrogen-bond acceptors (Lipinski definition) is 1. The first-order valence-electron chi connectivity index (χ1n) is 9.03. The van der Waals surface area contributed by atoms with Crippen molar-refractivity contribution in [3.8, 4) is 0 Å². The lowest BCUT2D eigenvalue weighted by molar-refractivity contribution is -0.119. The number of rotatable bonds is 11. The summed E-state index contributed by atoms with van der Waals surface area (Å²) in [6, 6.07) is 21.5. The van der Waals surface area contributed by atoms with Crippen molar-refractivity contribution in [3.05, 3.63) is 84.4 Å². The highest BCUT2D eigenvalue weighted by Gasteiger charge is 2.13. The summed E-state index contributed by atoms with van der Waals surface area (Å²) in [4.78, 5) is 11.7. The molecule has 0 fully saturated rings. The lowest BCUT2D eigenvalue weighted by Crippen LogP contribution is -2.02. The van der Waals surface area contributed by atoms with E-state index in [2.05, 4.69) is 67.2 Å². The highest BCUT2D eigenvalue weighted by molar-refractivity contribution is 5.78. The maximum atomic E-state index is 11.7. The Balaban J connectivity index is 1.84. The van der Waals surface area contributed by atoms with Gasteiger partial charge in [0, 0.05) is 18.8 Å². The molecule has 0 aliphatic heterocycles. The number of carbonyl (C=O) groups excluding carboxylic acids is 1. The van der Waals surface area contributed by atoms with Crippen LogP contribution in [0.25, 0.3) is 0 Å². The van der Waals surface area contributed by atoms with Crippen LogP contribution in [0.3, 0.4) is 0 Å². The quantitative estimate of drug-likeness (QED) is 0.350. The van der Waals surface area contributed by atoms with E-state index in [1.165, 1.54) is 11.1 Å². The maximum Gasteiger partial charge on any atom is 0.133 e. The minimum absolute atomic E-state index is 0.373. The van der Waals surface area contributed by atoms with Gasteiger partial charge in [-0.15, -0.1) is 6.58 Å². The average Bonchev–Trinajstić information content (AvgIpc) is 2.64. The average molecular weight is 320 g/mol. The predicted molar refractivity (Wildman–Crippen MR) is 102 cm³/mol. The molecule has 0 unspecified atom stereocenters. The molecule has 24 heavy (non-hydrogen) atoms. The molecule has 0 aliphatic rings. The van der Waals surface area contributed by atoms with Crippen molar-refractivity contribution in [2.24, 2.45) is 0 Å². The second-order valence-electron chi connectivity index (χ2n) is 6.34. The van der Waals surface area contributed by atoms with E-state index < -0.39 is 0 Å². The molecule has 0 aromatic heterocycles. The minimum Gasteiger partial charge on any atom is -0.300 e. The van der Waals surface area contributed by atoms with Gasteiger partial charge in [-0.05, 0) is 30.4 Å². The molecule has 0 aliphatic carbocycles. The first-order chi connectivity index (χ1) is 11.8. The van der Waals surface area contributed by atoms with Crippen LogP contribution in [0.2, 0.25) is 0 Å². The predicted octanol–water partition coefficient (Wildman–Crippen LogP) is 6.30. The maximum absolute atomic E-state index is 11.7. The van der Waals surface area contributed by atoms with Crippen LogP contribution in [0.4, 0.5) is 0 Å². The number of allylic oxidation sites excluding steroid dienone is 1. The second kappa shape index (κ2) is 10.6. The Labute approximate surface area is 146 Å². The first-order valence-corrected chi connectivity index (χ1v) is 9.03. The molecule has 0 atom stereocenters. The van der Waals surface area contributed by atoms with E-state index in [-0.39, 0.29) is 0 Å². The van der Waals surface area contributed by atoms with Gasteiger partial charge < -0.3 is 0 Å². The Hall–Kier alpha value is -2.15. The fourth-order valence-corrected chi connectivity index (χ4v) is 3.13. The van der Waals surface area contributed by atoms with E-state index >= 15 is 0 Å². The molecule has 0 radical (unpaired) electrons. The summed E-state index contributed by atoms with van der Waals surface area (Å²) in [6.45, 7) is 3.67. The van der Waals surface area contributed by atoms with Gasteiger partial charge in [-0.1, -0.05) is 79.6 Å². The SMILES string of the molecule is C=CCCC(=O)CCCCCC(c1ccccc1)c1ccccc1. The third-order valence-corrected chi connectivity index (χ3v) is 4.48. The largest absolute Gasteiger partial charge is 0.300 e. The fraction of sp³-hybridized carbons (Fsp3) is 0.348. The summed E-state index contributed by atoms with van der Waals surface area (Å²) in [5.41, 5.74) is 2.76. The van der Waals surface area contributed by atoms with Crippen molar-refractivity contribution in [3.63, 3.8) is 0 Å². The Kier molecular flexibility index (Phi) is 8.03. The molecule has 2 aromatic rings. The Morgan fingerprint density at radius 1 is 0.833 bits per heavy atom. The van der Waals surface area contributed by atoms with Gasteiger partial charge in [-0.2, -0.15) is 0 Å². The standard InChI is InChI=1S/C23H28O/c1-2-3-17-22(24)18-11-6-12-19-23(20-13-7-4-8-14-20)21-15-9-5-10-16-21/h2,4-5,7-10,13-16,23H,1,3,6,11-12,17-19H2. The van der Waals surface area contributed by atoms with Crippen LogP contribution in [0.5, 0.6) is 0 Å². The van der Waals surface area contributed by atoms with Gasteiger partial charge in [-0.3, -0.25) is 4.79 Å². The zero-order valence-electron chi connectivity index (χ0n) is 14.5. The zero-order valence-corrected chi connectivity index (χ0v) is 14.5. The van der Waals surface area contributed by atoms with Crippen molar-refractivity contribution in [1.29, 1.82) is 0 Å². The summed E-state index contributed by atoms with van der Waals surface area (Å²) in [7, 11) is 0. The molecule has 1 heteroatoms. The first kappa shape index (κ1) is 18.2. The number of benzene rings is 2. The molecule has 0 saturated carbocycles. The van der Waals surface area contributed by atoms with E-state index in [1.54, 1.807) is 0 Å². The van der Waals surface area contributed by atoms with Crippen molar-refractivity contribution in [1.82, 2.24) is 0 Å². The Morgan fingerprint density at radius 3 is 1.96 bits per heavy atom. The summed E-state index contributed by atoms with van der Waals surface area (Å²) in [5.74, 6) is 0.821. The van der Waals surface area contributed by atoms with E-state index in [1.807, 2.05) is 6.08 Å². The molecule has 126 valence electrons. The summed E-state index contributed by atoms with van der Waals surface area (Å²) < 4.78 is 0. The number of ketones is 1. The number of carbonyl (C=O) groups is 1. The topological polar surface area (TPSA) is 17.1 Å². The van der Waals surface area contributed by atoms with Crippen molar-refractivity contribution < 1.29 is 4.79 Å². The molecule has 0 saturated heterocycles. The molecule has 0 spiro atoms. The molecule has 0 N–H and O–H groups in total. The summed E-state index contributed by atoms with van der Waals surface area (Å²) in [5, 5.41) is 0. The Bertz CT molecular complexity index is 561. The van der Waals surface area contributed by atoms with Gasteiger partial charge in [0.05, 0.1) is 0 Å². The van der Waals surface area contributed by atoms with Gasteiger partial charge >= 0.3 is 0 Å². The van der Waals surface area contributed by atoms with Crippen LogP contribution in [-0.2, 0) is 4.79 Å². The van der Waals surface area contributed by atoms with Crippen LogP contribution >= 0.6 is 0 Å². The molecular formula is C23H28O. The van der Waals surface area contributed by atoms with Gasteiger partial charge in [0.2, 0.25) is 0 Å². The normalized spacial score (nSPS) is 10.7. The molecule has 0 heterocycles. The lowest BCUT2D eigenvalue weighted by Gasteiger charge is -2.18. The number of Topliss-reactive ketones (excluding diaryl/α,β-unsaturated/α-hetero) is 1. The summed E-state index contributed by atoms with van der Waals surface area (Å²) in [6.07, 6.45) is 8.42. The molecule has 0 bridgehead atoms. The van der Waals surface area contributed by atoms with Crippen LogP contribution in [0.1, 0.15) is 62.0 Å². The van der Waals surface area contributed by atoms with Crippen molar-refractivity contribution >= 4 is 5.78 Å². The van der Waals surface area contributed by atoms with E-state index in [0.29, 0.717) is 18.1 Å². The van der Waals surface area contributed by atoms with Crippen LogP contribution in [-0.4, -0.2) is 5.78 Å². The third-order valence-electron chi connectivity index (χ3n) is 4.48.